The van der Waals surface area contributed by atoms with E-state index >= 15 is 0 Å². The van der Waals surface area contributed by atoms with Crippen molar-refractivity contribution in [3.63, 3.8) is 0 Å². The van der Waals surface area contributed by atoms with Crippen LogP contribution in [0, 0.1) is 0 Å². The summed E-state index contributed by atoms with van der Waals surface area (Å²) in [5.74, 6) is 0. The molecule has 0 aliphatic carbocycles. The van der Waals surface area contributed by atoms with Crippen LogP contribution in [0.5, 0.6) is 0 Å². The van der Waals surface area contributed by atoms with Crippen molar-refractivity contribution >= 4 is 26.9 Å². The summed E-state index contributed by atoms with van der Waals surface area (Å²) >= 11 is 3.52. The van der Waals surface area contributed by atoms with Gasteiger partial charge in [-0.1, -0.05) is 5.57 Å². The number of pyridine rings is 1. The average Bonchev–Trinajstić information content (AvgIpc) is 2.33. The van der Waals surface area contributed by atoms with E-state index in [1.54, 1.807) is 12.4 Å². The van der Waals surface area contributed by atoms with Crippen LogP contribution in [0.15, 0.2) is 35.1 Å². The van der Waals surface area contributed by atoms with Gasteiger partial charge in [0.2, 0.25) is 0 Å². The average molecular weight is 359 g/mol. The van der Waals surface area contributed by atoms with Crippen LogP contribution >= 0.6 is 15.9 Å². The van der Waals surface area contributed by atoms with Crippen molar-refractivity contribution < 1.29 is 4.21 Å². The maximum atomic E-state index is 12.4. The van der Waals surface area contributed by atoms with Gasteiger partial charge in [0.1, 0.15) is 0 Å². The van der Waals surface area contributed by atoms with Crippen LogP contribution in [0.3, 0.4) is 0 Å². The largest absolute Gasteiger partial charge is 0.264 e. The van der Waals surface area contributed by atoms with E-state index in [1.165, 1.54) is 0 Å². The number of rotatable bonds is 6. The molecule has 0 aliphatic rings. The van der Waals surface area contributed by atoms with E-state index in [0.29, 0.717) is 0 Å². The molecule has 1 N–H and O–H groups in total. The van der Waals surface area contributed by atoms with E-state index in [9.17, 15) is 4.21 Å². The Hall–Kier alpha value is -0.520. The van der Waals surface area contributed by atoms with Gasteiger partial charge >= 0.3 is 0 Å². The van der Waals surface area contributed by atoms with Crippen LogP contribution in [0.2, 0.25) is 0 Å². The lowest BCUT2D eigenvalue weighted by atomic mass is 10.0. The summed E-state index contributed by atoms with van der Waals surface area (Å²) in [6.45, 7) is 11.9. The fraction of sp³-hybridized carbons (Fsp3) is 0.533. The standard InChI is InChI=1S/C15H23BrN2OS/c1-11(2)6-7-14(18-20(19)15(3,4)5)12-8-9-17-10-13(12)16/h8-10,14,18H,1,6-7H2,2-5H3/t14-,20+/m1/s1. The maximum absolute atomic E-state index is 12.4. The Morgan fingerprint density at radius 3 is 2.70 bits per heavy atom. The van der Waals surface area contributed by atoms with Gasteiger partial charge in [-0.2, -0.15) is 0 Å². The number of hydrogen-bond acceptors (Lipinski definition) is 2. The molecule has 1 aromatic rings. The minimum absolute atomic E-state index is 0.0177. The first kappa shape index (κ1) is 17.5. The molecule has 1 rings (SSSR count). The van der Waals surface area contributed by atoms with Gasteiger partial charge in [0.15, 0.2) is 0 Å². The number of halogens is 1. The van der Waals surface area contributed by atoms with Gasteiger partial charge in [-0.25, -0.2) is 8.93 Å². The maximum Gasteiger partial charge on any atom is 0.0975 e. The quantitative estimate of drug-likeness (QED) is 0.770. The van der Waals surface area contributed by atoms with Crippen LogP contribution in [0.1, 0.15) is 52.1 Å². The second-order valence-electron chi connectivity index (χ2n) is 5.94. The van der Waals surface area contributed by atoms with Crippen LogP contribution < -0.4 is 4.72 Å². The number of nitrogens with zero attached hydrogens (tertiary/aromatic N) is 1. The highest BCUT2D eigenvalue weighted by Crippen LogP contribution is 2.28. The van der Waals surface area contributed by atoms with Crippen LogP contribution in [-0.4, -0.2) is 13.9 Å². The van der Waals surface area contributed by atoms with E-state index in [-0.39, 0.29) is 10.8 Å². The highest BCUT2D eigenvalue weighted by Gasteiger charge is 2.24. The molecule has 0 aromatic carbocycles. The summed E-state index contributed by atoms with van der Waals surface area (Å²) < 4.78 is 16.2. The van der Waals surface area contributed by atoms with Gasteiger partial charge < -0.3 is 0 Å². The smallest absolute Gasteiger partial charge is 0.0975 e. The molecule has 0 amide bonds. The van der Waals surface area contributed by atoms with Crippen LogP contribution in [0.25, 0.3) is 0 Å². The Bertz CT molecular complexity index is 497. The summed E-state index contributed by atoms with van der Waals surface area (Å²) in [5, 5.41) is 0. The zero-order chi connectivity index (χ0) is 15.3. The van der Waals surface area contributed by atoms with Crippen molar-refractivity contribution in [3.8, 4) is 0 Å². The molecule has 3 nitrogen and oxygen atoms in total. The number of aromatic nitrogens is 1. The summed E-state index contributed by atoms with van der Waals surface area (Å²) in [5.41, 5.74) is 2.21. The third kappa shape index (κ3) is 5.46. The second kappa shape index (κ2) is 7.48. The molecule has 112 valence electrons. The third-order valence-corrected chi connectivity index (χ3v) is 5.12. The van der Waals surface area contributed by atoms with Gasteiger partial charge in [-0.3, -0.25) is 4.98 Å². The molecule has 0 fully saturated rings. The van der Waals surface area contributed by atoms with Crippen molar-refractivity contribution in [2.24, 2.45) is 0 Å². The Balaban J connectivity index is 2.94. The molecule has 20 heavy (non-hydrogen) atoms. The van der Waals surface area contributed by atoms with Gasteiger partial charge in [0, 0.05) is 22.9 Å². The third-order valence-electron chi connectivity index (χ3n) is 2.84. The predicted octanol–water partition coefficient (Wildman–Crippen LogP) is 4.29. The lowest BCUT2D eigenvalue weighted by Crippen LogP contribution is -2.36. The van der Waals surface area contributed by atoms with E-state index in [1.807, 2.05) is 33.8 Å². The normalized spacial score (nSPS) is 14.8. The predicted molar refractivity (Wildman–Crippen MR) is 89.8 cm³/mol. The first-order chi connectivity index (χ1) is 9.21. The Kier molecular flexibility index (Phi) is 6.55. The van der Waals surface area contributed by atoms with E-state index < -0.39 is 11.0 Å². The number of hydrogen-bond donors (Lipinski definition) is 1. The highest BCUT2D eigenvalue weighted by molar-refractivity contribution is 9.10. The van der Waals surface area contributed by atoms with E-state index in [0.717, 1.165) is 28.5 Å². The minimum Gasteiger partial charge on any atom is -0.264 e. The van der Waals surface area contributed by atoms with Crippen molar-refractivity contribution in [3.05, 3.63) is 40.6 Å². The zero-order valence-corrected chi connectivity index (χ0v) is 15.0. The molecule has 0 spiro atoms. The highest BCUT2D eigenvalue weighted by atomic mass is 79.9. The molecule has 0 saturated carbocycles. The molecular formula is C15H23BrN2OS. The second-order valence-corrected chi connectivity index (χ2v) is 8.80. The van der Waals surface area contributed by atoms with Crippen LogP contribution in [0.4, 0.5) is 0 Å². The fourth-order valence-electron chi connectivity index (χ4n) is 1.64. The molecule has 1 heterocycles. The molecule has 0 aliphatic heterocycles. The molecule has 0 radical (unpaired) electrons. The SMILES string of the molecule is C=C(C)CC[C@@H](N[S@@](=O)C(C)(C)C)c1ccncc1Br. The zero-order valence-electron chi connectivity index (χ0n) is 12.6. The molecule has 1 aromatic heterocycles. The molecule has 0 bridgehead atoms. The summed E-state index contributed by atoms with van der Waals surface area (Å²) in [4.78, 5) is 4.08. The minimum atomic E-state index is -1.11. The van der Waals surface area contributed by atoms with E-state index in [4.69, 9.17) is 0 Å². The van der Waals surface area contributed by atoms with E-state index in [2.05, 4.69) is 32.2 Å². The first-order valence-electron chi connectivity index (χ1n) is 6.63. The summed E-state index contributed by atoms with van der Waals surface area (Å²) in [7, 11) is -1.11. The number of allylic oxidation sites excluding steroid dienone is 1. The molecule has 0 unspecified atom stereocenters. The van der Waals surface area contributed by atoms with Crippen molar-refractivity contribution in [2.45, 2.75) is 51.3 Å². The first-order valence-corrected chi connectivity index (χ1v) is 8.58. The molecule has 2 atom stereocenters. The molecule has 5 heteroatoms. The fourth-order valence-corrected chi connectivity index (χ4v) is 3.03. The topological polar surface area (TPSA) is 42.0 Å². The van der Waals surface area contributed by atoms with Crippen molar-refractivity contribution in [1.82, 2.24) is 9.71 Å². The lowest BCUT2D eigenvalue weighted by Gasteiger charge is -2.25. The Labute approximate surface area is 133 Å². The summed E-state index contributed by atoms with van der Waals surface area (Å²) in [6.07, 6.45) is 5.29. The van der Waals surface area contributed by atoms with Gasteiger partial charge in [-0.05, 0) is 68.1 Å². The summed E-state index contributed by atoms with van der Waals surface area (Å²) in [6, 6.07) is 1.98. The molecular weight excluding hydrogens is 336 g/mol. The van der Waals surface area contributed by atoms with Crippen molar-refractivity contribution in [2.75, 3.05) is 0 Å². The lowest BCUT2D eigenvalue weighted by molar-refractivity contribution is 0.568. The molecule has 0 saturated heterocycles. The van der Waals surface area contributed by atoms with Gasteiger partial charge in [0.05, 0.1) is 15.7 Å². The van der Waals surface area contributed by atoms with Crippen molar-refractivity contribution in [1.29, 1.82) is 0 Å². The monoisotopic (exact) mass is 358 g/mol. The Morgan fingerprint density at radius 2 is 2.20 bits per heavy atom. The van der Waals surface area contributed by atoms with Crippen LogP contribution in [-0.2, 0) is 11.0 Å². The number of nitrogens with one attached hydrogen (secondary N) is 1. The Morgan fingerprint density at radius 1 is 1.55 bits per heavy atom. The van der Waals surface area contributed by atoms with Gasteiger partial charge in [-0.15, -0.1) is 6.58 Å². The van der Waals surface area contributed by atoms with Gasteiger partial charge in [0.25, 0.3) is 0 Å².